The summed E-state index contributed by atoms with van der Waals surface area (Å²) in [5.74, 6) is -3.20. The SMILES string of the molecule is CC(=O)Nc1ccc(S(=O)CC[C@@]23CC[C@@](C)(O2)[C@H]2C(=O)N(c4ccc(C#N)c(C(F)(F)F)c4)C(=O)[C@H]23)cc1. The van der Waals surface area contributed by atoms with Crippen molar-refractivity contribution in [1.29, 1.82) is 5.26 Å². The maximum atomic E-state index is 13.7. The molecule has 204 valence electrons. The number of anilines is 2. The highest BCUT2D eigenvalue weighted by atomic mass is 32.2. The Morgan fingerprint density at radius 3 is 2.44 bits per heavy atom. The van der Waals surface area contributed by atoms with Crippen molar-refractivity contribution >= 4 is 39.9 Å². The number of hydrogen-bond acceptors (Lipinski definition) is 6. The number of rotatable bonds is 6. The van der Waals surface area contributed by atoms with Crippen LogP contribution in [0.25, 0.3) is 0 Å². The number of amides is 3. The number of fused-ring (bicyclic) bond motifs is 5. The number of nitrogens with zero attached hydrogens (tertiary/aromatic N) is 2. The summed E-state index contributed by atoms with van der Waals surface area (Å²) in [5, 5.41) is 11.7. The summed E-state index contributed by atoms with van der Waals surface area (Å²) >= 11 is 0. The third-order valence-corrected chi connectivity index (χ3v) is 9.22. The van der Waals surface area contributed by atoms with Gasteiger partial charge in [0, 0.05) is 23.3 Å². The van der Waals surface area contributed by atoms with Crippen molar-refractivity contribution in [2.45, 2.75) is 55.4 Å². The van der Waals surface area contributed by atoms with Gasteiger partial charge in [-0.3, -0.25) is 18.6 Å². The van der Waals surface area contributed by atoms with E-state index in [1.165, 1.54) is 19.1 Å². The highest BCUT2D eigenvalue weighted by molar-refractivity contribution is 7.85. The summed E-state index contributed by atoms with van der Waals surface area (Å²) in [5.41, 5.74) is -3.57. The predicted molar refractivity (Wildman–Crippen MR) is 134 cm³/mol. The average molecular weight is 560 g/mol. The smallest absolute Gasteiger partial charge is 0.367 e. The van der Waals surface area contributed by atoms with E-state index in [0.29, 0.717) is 29.5 Å². The van der Waals surface area contributed by atoms with Crippen LogP contribution < -0.4 is 10.2 Å². The molecule has 1 unspecified atom stereocenters. The molecule has 0 aromatic heterocycles. The van der Waals surface area contributed by atoms with Gasteiger partial charge in [-0.15, -0.1) is 0 Å². The van der Waals surface area contributed by atoms with Crippen LogP contribution in [0.3, 0.4) is 0 Å². The number of alkyl halides is 3. The number of nitrogens with one attached hydrogen (secondary N) is 1. The maximum absolute atomic E-state index is 13.7. The number of carbonyl (C=O) groups is 3. The number of benzene rings is 2. The molecule has 2 bridgehead atoms. The van der Waals surface area contributed by atoms with E-state index in [2.05, 4.69) is 5.32 Å². The molecule has 2 aromatic rings. The lowest BCUT2D eigenvalue weighted by Gasteiger charge is -2.31. The van der Waals surface area contributed by atoms with Crippen LogP contribution in [0.2, 0.25) is 0 Å². The van der Waals surface area contributed by atoms with Crippen LogP contribution >= 0.6 is 0 Å². The first-order chi connectivity index (χ1) is 18.3. The molecule has 3 aliphatic heterocycles. The van der Waals surface area contributed by atoms with Crippen molar-refractivity contribution in [2.24, 2.45) is 11.8 Å². The fourth-order valence-electron chi connectivity index (χ4n) is 6.14. The van der Waals surface area contributed by atoms with Crippen LogP contribution in [0.5, 0.6) is 0 Å². The molecule has 5 atom stereocenters. The molecule has 0 spiro atoms. The largest absolute Gasteiger partial charge is 0.417 e. The average Bonchev–Trinajstić information content (AvgIpc) is 3.46. The molecular weight excluding hydrogens is 535 g/mol. The molecule has 5 rings (SSSR count). The van der Waals surface area contributed by atoms with Gasteiger partial charge in [0.15, 0.2) is 0 Å². The Morgan fingerprint density at radius 2 is 1.82 bits per heavy atom. The van der Waals surface area contributed by atoms with E-state index in [0.717, 1.165) is 11.0 Å². The van der Waals surface area contributed by atoms with Crippen molar-refractivity contribution in [2.75, 3.05) is 16.0 Å². The van der Waals surface area contributed by atoms with Crippen molar-refractivity contribution < 1.29 is 36.5 Å². The van der Waals surface area contributed by atoms with Crippen molar-refractivity contribution in [3.05, 3.63) is 53.6 Å². The zero-order valence-electron chi connectivity index (χ0n) is 21.0. The first-order valence-electron chi connectivity index (χ1n) is 12.2. The Balaban J connectivity index is 1.40. The molecule has 0 radical (unpaired) electrons. The van der Waals surface area contributed by atoms with Gasteiger partial charge < -0.3 is 10.1 Å². The normalized spacial score (nSPS) is 28.4. The molecule has 12 heteroatoms. The first kappa shape index (κ1) is 27.0. The Kier molecular flexibility index (Phi) is 6.43. The van der Waals surface area contributed by atoms with Crippen LogP contribution in [-0.2, 0) is 36.1 Å². The molecule has 3 fully saturated rings. The molecule has 0 saturated carbocycles. The molecule has 3 heterocycles. The number of hydrogen-bond donors (Lipinski definition) is 1. The fourth-order valence-corrected chi connectivity index (χ4v) is 7.35. The predicted octanol–water partition coefficient (Wildman–Crippen LogP) is 4.16. The summed E-state index contributed by atoms with van der Waals surface area (Å²) < 4.78 is 60.1. The lowest BCUT2D eigenvalue weighted by Crippen LogP contribution is -2.43. The summed E-state index contributed by atoms with van der Waals surface area (Å²) in [6.07, 6.45) is -3.72. The minimum absolute atomic E-state index is 0.134. The summed E-state index contributed by atoms with van der Waals surface area (Å²) in [4.78, 5) is 39.7. The zero-order valence-corrected chi connectivity index (χ0v) is 21.8. The lowest BCUT2D eigenvalue weighted by atomic mass is 9.67. The van der Waals surface area contributed by atoms with Crippen LogP contribution in [0, 0.1) is 23.2 Å². The number of carbonyl (C=O) groups excluding carboxylic acids is 3. The van der Waals surface area contributed by atoms with Gasteiger partial charge in [0.05, 0.1) is 56.7 Å². The van der Waals surface area contributed by atoms with E-state index in [1.807, 2.05) is 0 Å². The molecule has 3 amide bonds. The Morgan fingerprint density at radius 1 is 1.15 bits per heavy atom. The van der Waals surface area contributed by atoms with Crippen molar-refractivity contribution in [3.63, 3.8) is 0 Å². The second-order valence-corrected chi connectivity index (χ2v) is 11.9. The van der Waals surface area contributed by atoms with Gasteiger partial charge in [-0.2, -0.15) is 18.4 Å². The summed E-state index contributed by atoms with van der Waals surface area (Å²) in [6.45, 7) is 3.11. The van der Waals surface area contributed by atoms with Crippen LogP contribution in [0.4, 0.5) is 24.5 Å². The molecule has 1 N–H and O–H groups in total. The number of ether oxygens (including phenoxy) is 1. The van der Waals surface area contributed by atoms with E-state index >= 15 is 0 Å². The summed E-state index contributed by atoms with van der Waals surface area (Å²) in [7, 11) is -1.47. The monoisotopic (exact) mass is 559 g/mol. The second-order valence-electron chi connectivity index (χ2n) is 10.3. The Hall–Kier alpha value is -3.56. The van der Waals surface area contributed by atoms with Crippen molar-refractivity contribution in [3.8, 4) is 6.07 Å². The zero-order chi connectivity index (χ0) is 28.3. The fraction of sp³-hybridized carbons (Fsp3) is 0.407. The molecule has 0 aliphatic carbocycles. The first-order valence-corrected chi connectivity index (χ1v) is 13.6. The van der Waals surface area contributed by atoms with E-state index in [-0.39, 0.29) is 23.8 Å². The van der Waals surface area contributed by atoms with E-state index < -0.39 is 63.0 Å². The van der Waals surface area contributed by atoms with Crippen LogP contribution in [0.15, 0.2) is 47.4 Å². The third-order valence-electron chi connectivity index (χ3n) is 7.85. The maximum Gasteiger partial charge on any atom is 0.417 e. The minimum Gasteiger partial charge on any atom is -0.367 e. The number of nitriles is 1. The van der Waals surface area contributed by atoms with Gasteiger partial charge in [0.25, 0.3) is 0 Å². The molecule has 3 aliphatic rings. The lowest BCUT2D eigenvalue weighted by molar-refractivity contribution is -0.138. The molecule has 3 saturated heterocycles. The highest BCUT2D eigenvalue weighted by Gasteiger charge is 2.73. The molecule has 8 nitrogen and oxygen atoms in total. The van der Waals surface area contributed by atoms with Crippen LogP contribution in [-0.4, -0.2) is 38.9 Å². The van der Waals surface area contributed by atoms with Crippen molar-refractivity contribution in [1.82, 2.24) is 0 Å². The number of halogens is 3. The Bertz CT molecular complexity index is 1450. The van der Waals surface area contributed by atoms with Gasteiger partial charge in [0.1, 0.15) is 0 Å². The minimum atomic E-state index is -4.84. The number of imide groups is 1. The highest BCUT2D eigenvalue weighted by Crippen LogP contribution is 2.62. The third kappa shape index (κ3) is 4.43. The molecule has 2 aromatic carbocycles. The van der Waals surface area contributed by atoms with Gasteiger partial charge >= 0.3 is 6.18 Å². The van der Waals surface area contributed by atoms with Gasteiger partial charge in [-0.1, -0.05) is 0 Å². The topological polar surface area (TPSA) is 117 Å². The second kappa shape index (κ2) is 9.27. The standard InChI is InChI=1S/C27H24F3N3O5S/c1-15(34)32-17-4-7-19(8-5-17)39(37)12-11-26-10-9-25(2,38-26)21-22(26)24(36)33(23(21)35)18-6-3-16(14-31)20(13-18)27(28,29)30/h3-8,13,21-22H,9-12H2,1-2H3,(H,32,34)/t21-,22+,25-,26-,39?/m1/s1. The van der Waals surface area contributed by atoms with Gasteiger partial charge in [-0.05, 0) is 68.7 Å². The van der Waals surface area contributed by atoms with E-state index in [9.17, 15) is 31.8 Å². The van der Waals surface area contributed by atoms with E-state index in [4.69, 9.17) is 10.00 Å². The quantitative estimate of drug-likeness (QED) is 0.532. The molecule has 39 heavy (non-hydrogen) atoms. The van der Waals surface area contributed by atoms with Gasteiger partial charge in [0.2, 0.25) is 17.7 Å². The molecular formula is C27H24F3N3O5S. The summed E-state index contributed by atoms with van der Waals surface area (Å²) in [6, 6.07) is 10.8. The van der Waals surface area contributed by atoms with Gasteiger partial charge in [-0.25, -0.2) is 4.90 Å². The van der Waals surface area contributed by atoms with Crippen LogP contribution in [0.1, 0.15) is 44.2 Å². The Labute approximate surface area is 224 Å². The van der Waals surface area contributed by atoms with E-state index in [1.54, 1.807) is 31.2 Å².